The van der Waals surface area contributed by atoms with Crippen molar-refractivity contribution in [2.45, 2.75) is 25.8 Å². The van der Waals surface area contributed by atoms with E-state index >= 15 is 0 Å². The van der Waals surface area contributed by atoms with E-state index in [4.69, 9.17) is 22.2 Å². The average Bonchev–Trinajstić information content (AvgIpc) is 2.17. The molecule has 0 radical (unpaired) electrons. The summed E-state index contributed by atoms with van der Waals surface area (Å²) < 4.78 is 0. The predicted molar refractivity (Wildman–Crippen MR) is 63.1 cm³/mol. The van der Waals surface area contributed by atoms with Gasteiger partial charge in [0, 0.05) is 5.54 Å². The zero-order valence-corrected chi connectivity index (χ0v) is 10.6. The molecule has 0 fully saturated rings. The Hall–Kier alpha value is 0.0169. The molecule has 0 aromatic heterocycles. The lowest BCUT2D eigenvalue weighted by Crippen LogP contribution is -2.07. The van der Waals surface area contributed by atoms with Crippen LogP contribution in [0.25, 0.3) is 0 Å². The molecule has 0 N–H and O–H groups in total. The molecule has 13 heavy (non-hydrogen) atoms. The molecule has 1 rings (SSSR count). The Kier molecular flexibility index (Phi) is 4.30. The van der Waals surface area contributed by atoms with E-state index in [9.17, 15) is 0 Å². The first-order chi connectivity index (χ1) is 6.15. The molecule has 0 bridgehead atoms. The van der Waals surface area contributed by atoms with Gasteiger partial charge in [0.15, 0.2) is 0 Å². The zero-order valence-electron chi connectivity index (χ0n) is 7.93. The van der Waals surface area contributed by atoms with Crippen LogP contribution in [-0.4, -0.2) is 7.42 Å². The first kappa shape index (κ1) is 11.1. The zero-order chi connectivity index (χ0) is 9.84. The molecule has 3 heteroatoms. The molecule has 72 valence electrons. The molecule has 0 amide bonds. The van der Waals surface area contributed by atoms with Crippen LogP contribution in [0.1, 0.15) is 30.5 Å². The average molecular weight is 233 g/mol. The third-order valence-electron chi connectivity index (χ3n) is 2.29. The van der Waals surface area contributed by atoms with Crippen molar-refractivity contribution in [2.75, 3.05) is 0 Å². The number of halogens is 2. The van der Waals surface area contributed by atoms with Crippen LogP contribution >= 0.6 is 22.2 Å². The van der Waals surface area contributed by atoms with Crippen LogP contribution in [0.15, 0.2) is 24.3 Å². The number of hydrogen-bond donors (Lipinski definition) is 0. The highest BCUT2D eigenvalue weighted by Gasteiger charge is 2.15. The summed E-state index contributed by atoms with van der Waals surface area (Å²) in [5.74, 6) is 0. The van der Waals surface area contributed by atoms with Gasteiger partial charge in [0.25, 0.3) is 0 Å². The van der Waals surface area contributed by atoms with Gasteiger partial charge in [-0.2, -0.15) is 0 Å². The van der Waals surface area contributed by atoms with Crippen molar-refractivity contribution in [1.82, 2.24) is 0 Å². The van der Waals surface area contributed by atoms with Crippen LogP contribution in [0.4, 0.5) is 0 Å². The Morgan fingerprint density at radius 3 is 2.15 bits per heavy atom. The summed E-state index contributed by atoms with van der Waals surface area (Å²) in [5, 5.41) is 0. The van der Waals surface area contributed by atoms with Crippen molar-refractivity contribution in [3.8, 4) is 0 Å². The van der Waals surface area contributed by atoms with Gasteiger partial charge >= 0.3 is 0 Å². The summed E-state index contributed by atoms with van der Waals surface area (Å²) >= 11 is 11.9. The van der Waals surface area contributed by atoms with E-state index in [2.05, 4.69) is 38.1 Å². The molecule has 1 atom stereocenters. The summed E-state index contributed by atoms with van der Waals surface area (Å²) in [4.78, 5) is 0. The van der Waals surface area contributed by atoms with Crippen LogP contribution in [-0.2, 0) is 6.42 Å². The number of aryl methyl sites for hydroxylation is 1. The van der Waals surface area contributed by atoms with Crippen molar-refractivity contribution < 1.29 is 0 Å². The third kappa shape index (κ3) is 3.01. The Morgan fingerprint density at radius 1 is 1.23 bits per heavy atom. The fourth-order valence-corrected chi connectivity index (χ4v) is 2.59. The summed E-state index contributed by atoms with van der Waals surface area (Å²) in [6.45, 7) is 4.25. The van der Waals surface area contributed by atoms with Gasteiger partial charge in [-0.1, -0.05) is 38.1 Å². The highest BCUT2D eigenvalue weighted by molar-refractivity contribution is 7.34. The Bertz CT molecular complexity index is 256. The Balaban J connectivity index is 2.79. The molecule has 0 aliphatic rings. The first-order valence-corrected chi connectivity index (χ1v) is 8.68. The molecule has 0 aliphatic heterocycles. The lowest BCUT2D eigenvalue weighted by atomic mass is 10.1. The first-order valence-electron chi connectivity index (χ1n) is 4.52. The van der Waals surface area contributed by atoms with E-state index in [0.717, 1.165) is 6.42 Å². The molecule has 0 heterocycles. The Labute approximate surface area is 90.9 Å². The van der Waals surface area contributed by atoms with Gasteiger partial charge in [-0.05, 0) is 17.5 Å². The minimum atomic E-state index is -1.57. The van der Waals surface area contributed by atoms with Crippen molar-refractivity contribution in [3.63, 3.8) is 0 Å². The smallest absolute Gasteiger partial charge is 0.150 e. The third-order valence-corrected chi connectivity index (χ3v) is 5.70. The van der Waals surface area contributed by atoms with Crippen molar-refractivity contribution in [1.29, 1.82) is 0 Å². The normalized spacial score (nSPS) is 13.3. The summed E-state index contributed by atoms with van der Waals surface area (Å²) in [6, 6.07) is 8.56. The van der Waals surface area contributed by atoms with Crippen LogP contribution in [0.5, 0.6) is 0 Å². The van der Waals surface area contributed by atoms with Gasteiger partial charge in [-0.25, -0.2) is 0 Å². The molecule has 1 aromatic carbocycles. The molecular formula is C10H14Cl2Si. The molecule has 0 spiro atoms. The maximum Gasteiger partial charge on any atom is 0.244 e. The molecule has 1 aromatic rings. The molecule has 0 nitrogen and oxygen atoms in total. The van der Waals surface area contributed by atoms with E-state index in [-0.39, 0.29) is 0 Å². The molecular weight excluding hydrogens is 219 g/mol. The monoisotopic (exact) mass is 232 g/mol. The van der Waals surface area contributed by atoms with Crippen LogP contribution in [0, 0.1) is 0 Å². The number of hydrogen-bond acceptors (Lipinski definition) is 0. The van der Waals surface area contributed by atoms with Gasteiger partial charge in [-0.3, -0.25) is 0 Å². The number of rotatable bonds is 3. The highest BCUT2D eigenvalue weighted by atomic mass is 35.7. The van der Waals surface area contributed by atoms with Gasteiger partial charge in [0.2, 0.25) is 7.42 Å². The second kappa shape index (κ2) is 5.04. The maximum absolute atomic E-state index is 5.94. The van der Waals surface area contributed by atoms with Crippen LogP contribution in [0.3, 0.4) is 0 Å². The van der Waals surface area contributed by atoms with Crippen molar-refractivity contribution >= 4 is 29.6 Å². The van der Waals surface area contributed by atoms with Crippen LogP contribution in [0.2, 0.25) is 0 Å². The molecule has 0 aliphatic carbocycles. The minimum Gasteiger partial charge on any atom is -0.150 e. The van der Waals surface area contributed by atoms with E-state index in [1.54, 1.807) is 0 Å². The van der Waals surface area contributed by atoms with E-state index in [1.807, 2.05) is 0 Å². The molecule has 0 saturated carbocycles. The van der Waals surface area contributed by atoms with Crippen molar-refractivity contribution in [3.05, 3.63) is 35.4 Å². The van der Waals surface area contributed by atoms with Gasteiger partial charge in [0.05, 0.1) is 0 Å². The second-order valence-corrected chi connectivity index (χ2v) is 8.38. The lowest BCUT2D eigenvalue weighted by molar-refractivity contribution is 1.06. The molecule has 0 saturated heterocycles. The lowest BCUT2D eigenvalue weighted by Gasteiger charge is -2.11. The van der Waals surface area contributed by atoms with Crippen molar-refractivity contribution in [2.24, 2.45) is 0 Å². The standard InChI is InChI=1S/C10H14Cl2Si/c1-3-9-4-6-10(7-5-9)8(2)13(11)12/h4-8,13H,3H2,1-2H3. The summed E-state index contributed by atoms with van der Waals surface area (Å²) in [6.07, 6.45) is 1.08. The Morgan fingerprint density at radius 2 is 1.77 bits per heavy atom. The predicted octanol–water partition coefficient (Wildman–Crippen LogP) is 3.59. The summed E-state index contributed by atoms with van der Waals surface area (Å²) in [7, 11) is -1.57. The van der Waals surface area contributed by atoms with Gasteiger partial charge < -0.3 is 0 Å². The topological polar surface area (TPSA) is 0 Å². The van der Waals surface area contributed by atoms with Crippen LogP contribution < -0.4 is 0 Å². The van der Waals surface area contributed by atoms with E-state index < -0.39 is 7.42 Å². The van der Waals surface area contributed by atoms with E-state index in [0.29, 0.717) is 5.54 Å². The molecule has 1 unspecified atom stereocenters. The highest BCUT2D eigenvalue weighted by Crippen LogP contribution is 2.22. The van der Waals surface area contributed by atoms with E-state index in [1.165, 1.54) is 11.1 Å². The van der Waals surface area contributed by atoms with Gasteiger partial charge in [-0.15, -0.1) is 22.2 Å². The fourth-order valence-electron chi connectivity index (χ4n) is 1.20. The quantitative estimate of drug-likeness (QED) is 0.553. The maximum atomic E-state index is 5.94. The fraction of sp³-hybridized carbons (Fsp3) is 0.400. The van der Waals surface area contributed by atoms with Gasteiger partial charge in [0.1, 0.15) is 0 Å². The number of benzene rings is 1. The summed E-state index contributed by atoms with van der Waals surface area (Å²) in [5.41, 5.74) is 2.96. The largest absolute Gasteiger partial charge is 0.244 e. The minimum absolute atomic E-state index is 0.342. The second-order valence-electron chi connectivity index (χ2n) is 3.22. The SMILES string of the molecule is CCc1ccc(C(C)[SiH](Cl)Cl)cc1.